The number of hydrogen-bond acceptors (Lipinski definition) is 4. The van der Waals surface area contributed by atoms with Gasteiger partial charge >= 0.3 is 0 Å². The second-order valence-corrected chi connectivity index (χ2v) is 9.50. The Labute approximate surface area is 163 Å². The second kappa shape index (κ2) is 6.09. The van der Waals surface area contributed by atoms with Gasteiger partial charge in [0.05, 0.1) is 5.54 Å². The van der Waals surface area contributed by atoms with Crippen LogP contribution in [0.5, 0.6) is 0 Å². The minimum absolute atomic E-state index is 0.0149. The Bertz CT molecular complexity index is 925. The number of benzene rings is 1. The first-order valence-corrected chi connectivity index (χ1v) is 10.2. The Morgan fingerprint density at radius 1 is 1.25 bits per heavy atom. The molecule has 2 atom stereocenters. The zero-order valence-corrected chi connectivity index (χ0v) is 16.4. The van der Waals surface area contributed by atoms with E-state index in [1.165, 1.54) is 12.5 Å². The van der Waals surface area contributed by atoms with Crippen molar-refractivity contribution in [3.8, 4) is 0 Å². The van der Waals surface area contributed by atoms with Crippen molar-refractivity contribution in [2.24, 2.45) is 17.3 Å². The van der Waals surface area contributed by atoms with E-state index in [2.05, 4.69) is 20.7 Å². The molecule has 148 valence electrons. The molecule has 4 bridgehead atoms. The summed E-state index contributed by atoms with van der Waals surface area (Å²) in [5.41, 5.74) is 0.998. The first kappa shape index (κ1) is 17.8. The third-order valence-electron chi connectivity index (χ3n) is 7.08. The standard InChI is InChI=1S/C21H26FN5O/c1-13-3-4-17(6-18(13)22)23-19(28)11-20-7-15-5-16(8-20)10-21(9-15,12-20)27-25-14(2)24-26-27/h3-4,6,15-16H,5,7-12H2,1-2H3,(H,23,28). The van der Waals surface area contributed by atoms with Crippen molar-refractivity contribution in [3.05, 3.63) is 35.4 Å². The smallest absolute Gasteiger partial charge is 0.224 e. The quantitative estimate of drug-likeness (QED) is 0.873. The molecule has 2 aromatic rings. The normalized spacial score (nSPS) is 33.2. The third kappa shape index (κ3) is 2.91. The Balaban J connectivity index is 1.37. The number of aromatic nitrogens is 4. The van der Waals surface area contributed by atoms with Gasteiger partial charge in [-0.05, 0) is 92.5 Å². The van der Waals surface area contributed by atoms with Crippen molar-refractivity contribution < 1.29 is 9.18 Å². The van der Waals surface area contributed by atoms with E-state index in [0.717, 1.165) is 32.1 Å². The van der Waals surface area contributed by atoms with E-state index in [1.54, 1.807) is 19.1 Å². The molecule has 0 spiro atoms. The van der Waals surface area contributed by atoms with Crippen LogP contribution >= 0.6 is 0 Å². The van der Waals surface area contributed by atoms with Gasteiger partial charge in [-0.15, -0.1) is 10.2 Å². The number of amides is 1. The first-order valence-electron chi connectivity index (χ1n) is 10.2. The molecule has 4 aliphatic rings. The maximum atomic E-state index is 13.8. The number of tetrazole rings is 1. The molecule has 0 aliphatic heterocycles. The molecule has 4 fully saturated rings. The number of anilines is 1. The lowest BCUT2D eigenvalue weighted by Crippen LogP contribution is -2.57. The van der Waals surface area contributed by atoms with E-state index in [1.807, 2.05) is 11.7 Å². The van der Waals surface area contributed by atoms with Gasteiger partial charge in [-0.3, -0.25) is 4.79 Å². The van der Waals surface area contributed by atoms with Crippen molar-refractivity contribution in [3.63, 3.8) is 0 Å². The molecule has 1 amide bonds. The highest BCUT2D eigenvalue weighted by molar-refractivity contribution is 5.91. The van der Waals surface area contributed by atoms with Crippen LogP contribution in [0.2, 0.25) is 0 Å². The topological polar surface area (TPSA) is 72.7 Å². The predicted molar refractivity (Wildman–Crippen MR) is 102 cm³/mol. The molecule has 6 rings (SSSR count). The summed E-state index contributed by atoms with van der Waals surface area (Å²) < 4.78 is 13.8. The molecule has 2 unspecified atom stereocenters. The van der Waals surface area contributed by atoms with Gasteiger partial charge in [-0.2, -0.15) is 4.80 Å². The van der Waals surface area contributed by atoms with Crippen LogP contribution in [-0.4, -0.2) is 26.1 Å². The number of carbonyl (C=O) groups is 1. The van der Waals surface area contributed by atoms with Gasteiger partial charge in [0.15, 0.2) is 5.82 Å². The zero-order valence-electron chi connectivity index (χ0n) is 16.4. The van der Waals surface area contributed by atoms with Crippen molar-refractivity contribution in [1.29, 1.82) is 0 Å². The number of aryl methyl sites for hydroxylation is 2. The van der Waals surface area contributed by atoms with Crippen molar-refractivity contribution in [2.45, 2.75) is 64.3 Å². The molecule has 4 saturated carbocycles. The number of halogens is 1. The molecular weight excluding hydrogens is 357 g/mol. The van der Waals surface area contributed by atoms with Gasteiger partial charge in [0.25, 0.3) is 0 Å². The van der Waals surface area contributed by atoms with Crippen LogP contribution in [0.1, 0.15) is 56.3 Å². The maximum Gasteiger partial charge on any atom is 0.224 e. The van der Waals surface area contributed by atoms with Crippen LogP contribution in [0.4, 0.5) is 10.1 Å². The summed E-state index contributed by atoms with van der Waals surface area (Å²) in [7, 11) is 0. The molecule has 0 radical (unpaired) electrons. The summed E-state index contributed by atoms with van der Waals surface area (Å²) in [4.78, 5) is 14.7. The lowest BCUT2D eigenvalue weighted by Gasteiger charge is -2.61. The molecule has 1 N–H and O–H groups in total. The van der Waals surface area contributed by atoms with E-state index in [-0.39, 0.29) is 22.7 Å². The summed E-state index contributed by atoms with van der Waals surface area (Å²) in [6, 6.07) is 4.86. The van der Waals surface area contributed by atoms with Crippen LogP contribution in [0.15, 0.2) is 18.2 Å². The zero-order chi connectivity index (χ0) is 19.5. The Morgan fingerprint density at radius 3 is 2.64 bits per heavy atom. The number of nitrogens with one attached hydrogen (secondary N) is 1. The summed E-state index contributed by atoms with van der Waals surface area (Å²) >= 11 is 0. The monoisotopic (exact) mass is 383 g/mol. The highest BCUT2D eigenvalue weighted by Gasteiger charge is 2.59. The fourth-order valence-electron chi connectivity index (χ4n) is 6.54. The SMILES string of the molecule is Cc1nnn(C23CC4CC(CC(CC(=O)Nc5ccc(C)c(F)c5)(C4)C2)C3)n1. The van der Waals surface area contributed by atoms with Crippen molar-refractivity contribution >= 4 is 11.6 Å². The Hall–Kier alpha value is -2.31. The fraction of sp³-hybridized carbons (Fsp3) is 0.619. The molecule has 6 nitrogen and oxygen atoms in total. The van der Waals surface area contributed by atoms with Gasteiger partial charge in [-0.1, -0.05) is 6.07 Å². The van der Waals surface area contributed by atoms with E-state index in [9.17, 15) is 9.18 Å². The molecule has 1 aromatic heterocycles. The highest BCUT2D eigenvalue weighted by atomic mass is 19.1. The lowest BCUT2D eigenvalue weighted by atomic mass is 9.46. The lowest BCUT2D eigenvalue weighted by molar-refractivity contribution is -0.135. The van der Waals surface area contributed by atoms with Crippen molar-refractivity contribution in [2.75, 3.05) is 5.32 Å². The van der Waals surface area contributed by atoms with Crippen LogP contribution in [-0.2, 0) is 10.3 Å². The van der Waals surface area contributed by atoms with Gasteiger partial charge in [-0.25, -0.2) is 4.39 Å². The minimum atomic E-state index is -0.292. The molecular formula is C21H26FN5O. The fourth-order valence-corrected chi connectivity index (χ4v) is 6.54. The van der Waals surface area contributed by atoms with E-state index in [4.69, 9.17) is 0 Å². The summed E-state index contributed by atoms with van der Waals surface area (Å²) in [5, 5.41) is 15.9. The summed E-state index contributed by atoms with van der Waals surface area (Å²) in [6.07, 6.45) is 7.02. The number of carbonyl (C=O) groups excluding carboxylic acids is 1. The number of rotatable bonds is 4. The van der Waals surface area contributed by atoms with Crippen LogP contribution in [0, 0.1) is 36.9 Å². The minimum Gasteiger partial charge on any atom is -0.326 e. The summed E-state index contributed by atoms with van der Waals surface area (Å²) in [5.74, 6) is 1.63. The van der Waals surface area contributed by atoms with Gasteiger partial charge in [0.1, 0.15) is 5.82 Å². The highest BCUT2D eigenvalue weighted by Crippen LogP contribution is 2.65. The average molecular weight is 383 g/mol. The summed E-state index contributed by atoms with van der Waals surface area (Å²) in [6.45, 7) is 3.59. The first-order chi connectivity index (χ1) is 13.3. The largest absolute Gasteiger partial charge is 0.326 e. The van der Waals surface area contributed by atoms with Crippen molar-refractivity contribution in [1.82, 2.24) is 20.2 Å². The van der Waals surface area contributed by atoms with Gasteiger partial charge in [0.2, 0.25) is 5.91 Å². The molecule has 4 aliphatic carbocycles. The average Bonchev–Trinajstić information content (AvgIpc) is 3.04. The van der Waals surface area contributed by atoms with E-state index < -0.39 is 0 Å². The second-order valence-electron chi connectivity index (χ2n) is 9.50. The Morgan fingerprint density at radius 2 is 2.00 bits per heavy atom. The van der Waals surface area contributed by atoms with Crippen LogP contribution in [0.3, 0.4) is 0 Å². The molecule has 1 aromatic carbocycles. The maximum absolute atomic E-state index is 13.8. The van der Waals surface area contributed by atoms with E-state index in [0.29, 0.717) is 35.3 Å². The molecule has 28 heavy (non-hydrogen) atoms. The van der Waals surface area contributed by atoms with Crippen LogP contribution < -0.4 is 5.32 Å². The van der Waals surface area contributed by atoms with Crippen LogP contribution in [0.25, 0.3) is 0 Å². The third-order valence-corrected chi connectivity index (χ3v) is 7.08. The number of hydrogen-bond donors (Lipinski definition) is 1. The number of nitrogens with zero attached hydrogens (tertiary/aromatic N) is 4. The molecule has 7 heteroatoms. The van der Waals surface area contributed by atoms with Gasteiger partial charge in [0, 0.05) is 12.1 Å². The molecule has 0 saturated heterocycles. The predicted octanol–water partition coefficient (Wildman–Crippen LogP) is 3.75. The van der Waals surface area contributed by atoms with Gasteiger partial charge < -0.3 is 5.32 Å². The molecule has 1 heterocycles. The Kier molecular flexibility index (Phi) is 3.87. The van der Waals surface area contributed by atoms with E-state index >= 15 is 0 Å².